The number of carbonyl (C=O) groups excluding carboxylic acids is 2. The molecule has 0 atom stereocenters. The van der Waals surface area contributed by atoms with Crippen molar-refractivity contribution in [2.45, 2.75) is 103 Å². The Morgan fingerprint density at radius 1 is 0.969 bits per heavy atom. The lowest BCUT2D eigenvalue weighted by Gasteiger charge is -2.51. The molecule has 0 saturated carbocycles. The van der Waals surface area contributed by atoms with Gasteiger partial charge in [-0.05, 0) is 58.6 Å². The van der Waals surface area contributed by atoms with Crippen LogP contribution >= 0.6 is 0 Å². The van der Waals surface area contributed by atoms with Gasteiger partial charge in [-0.1, -0.05) is 69.4 Å². The van der Waals surface area contributed by atoms with Crippen LogP contribution < -0.4 is 10.6 Å². The Bertz CT molecular complexity index is 752. The molecule has 0 aliphatic carbocycles. The molecule has 1 amide bonds. The summed E-state index contributed by atoms with van der Waals surface area (Å²) in [7, 11) is 0. The van der Waals surface area contributed by atoms with Crippen LogP contribution in [0.25, 0.3) is 6.08 Å². The fourth-order valence-electron chi connectivity index (χ4n) is 5.06. The molecule has 2 N–H and O–H groups in total. The maximum atomic E-state index is 13.4. The van der Waals surface area contributed by atoms with E-state index in [-0.39, 0.29) is 23.0 Å². The molecule has 2 rings (SSSR count). The van der Waals surface area contributed by atoms with Crippen molar-refractivity contribution in [3.8, 4) is 0 Å². The van der Waals surface area contributed by atoms with Crippen molar-refractivity contribution < 1.29 is 14.3 Å². The van der Waals surface area contributed by atoms with Crippen molar-refractivity contribution in [1.29, 1.82) is 0 Å². The minimum atomic E-state index is -1.06. The molecular weight excluding hydrogens is 400 g/mol. The standard InChI is InChI=1S/C27H42N2O3/c1-6-7-8-9-10-14-19-32-24(31)27(20-25(2,3)29-26(4,5)21-27)28-23(30)18-17-22-15-12-11-13-16-22/h11-13,15-18,29H,6-10,14,19-21H2,1-5H3,(H,28,30)/b18-17+. The quantitative estimate of drug-likeness (QED) is 0.274. The van der Waals surface area contributed by atoms with Crippen molar-refractivity contribution in [3.63, 3.8) is 0 Å². The molecule has 1 aliphatic rings. The third kappa shape index (κ3) is 8.42. The number of benzene rings is 1. The van der Waals surface area contributed by atoms with E-state index >= 15 is 0 Å². The Morgan fingerprint density at radius 2 is 1.56 bits per heavy atom. The first-order chi connectivity index (χ1) is 15.1. The maximum absolute atomic E-state index is 13.4. The summed E-state index contributed by atoms with van der Waals surface area (Å²) >= 11 is 0. The Hall–Kier alpha value is -2.14. The molecule has 0 aromatic heterocycles. The number of carbonyl (C=O) groups is 2. The fraction of sp³-hybridized carbons (Fsp3) is 0.630. The normalized spacial score (nSPS) is 18.9. The van der Waals surface area contributed by atoms with Gasteiger partial charge in [-0.15, -0.1) is 0 Å². The molecule has 0 spiro atoms. The zero-order chi connectivity index (χ0) is 23.7. The maximum Gasteiger partial charge on any atom is 0.332 e. The summed E-state index contributed by atoms with van der Waals surface area (Å²) in [6, 6.07) is 9.66. The van der Waals surface area contributed by atoms with Crippen molar-refractivity contribution in [3.05, 3.63) is 42.0 Å². The number of hydrogen-bond donors (Lipinski definition) is 2. The van der Waals surface area contributed by atoms with Crippen LogP contribution in [0.4, 0.5) is 0 Å². The molecule has 1 aromatic carbocycles. The van der Waals surface area contributed by atoms with E-state index in [1.54, 1.807) is 6.08 Å². The van der Waals surface area contributed by atoms with Crippen LogP contribution in [0.3, 0.4) is 0 Å². The molecule has 178 valence electrons. The smallest absolute Gasteiger partial charge is 0.332 e. The highest BCUT2D eigenvalue weighted by Crippen LogP contribution is 2.37. The van der Waals surface area contributed by atoms with Gasteiger partial charge >= 0.3 is 5.97 Å². The van der Waals surface area contributed by atoms with Crippen LogP contribution in [0.15, 0.2) is 36.4 Å². The van der Waals surface area contributed by atoms with Gasteiger partial charge in [-0.3, -0.25) is 4.79 Å². The van der Waals surface area contributed by atoms with Crippen molar-refractivity contribution in [2.24, 2.45) is 0 Å². The topological polar surface area (TPSA) is 67.4 Å². The molecule has 1 fully saturated rings. The summed E-state index contributed by atoms with van der Waals surface area (Å²) in [6.07, 6.45) is 11.0. The van der Waals surface area contributed by atoms with Gasteiger partial charge < -0.3 is 15.4 Å². The van der Waals surface area contributed by atoms with E-state index in [1.165, 1.54) is 31.8 Å². The second kappa shape index (κ2) is 11.6. The number of esters is 1. The second-order valence-corrected chi connectivity index (χ2v) is 10.5. The number of piperidine rings is 1. The van der Waals surface area contributed by atoms with Crippen LogP contribution in [0, 0.1) is 0 Å². The molecule has 1 heterocycles. The first-order valence-electron chi connectivity index (χ1n) is 12.1. The summed E-state index contributed by atoms with van der Waals surface area (Å²) in [6.45, 7) is 10.9. The van der Waals surface area contributed by atoms with Crippen molar-refractivity contribution >= 4 is 18.0 Å². The van der Waals surface area contributed by atoms with Gasteiger partial charge in [0.05, 0.1) is 6.61 Å². The number of unbranched alkanes of at least 4 members (excludes halogenated alkanes) is 5. The van der Waals surface area contributed by atoms with Crippen LogP contribution in [-0.4, -0.2) is 35.1 Å². The number of nitrogens with one attached hydrogen (secondary N) is 2. The zero-order valence-electron chi connectivity index (χ0n) is 20.6. The highest BCUT2D eigenvalue weighted by Gasteiger charge is 2.53. The van der Waals surface area contributed by atoms with Gasteiger partial charge in [0.2, 0.25) is 5.91 Å². The summed E-state index contributed by atoms with van der Waals surface area (Å²) < 4.78 is 5.74. The van der Waals surface area contributed by atoms with E-state index in [0.717, 1.165) is 18.4 Å². The number of ether oxygens (including phenoxy) is 1. The lowest BCUT2D eigenvalue weighted by Crippen LogP contribution is -2.70. The molecule has 32 heavy (non-hydrogen) atoms. The van der Waals surface area contributed by atoms with E-state index in [1.807, 2.05) is 30.3 Å². The fourth-order valence-corrected chi connectivity index (χ4v) is 5.06. The highest BCUT2D eigenvalue weighted by molar-refractivity contribution is 5.96. The van der Waals surface area contributed by atoms with E-state index in [2.05, 4.69) is 45.3 Å². The average molecular weight is 443 g/mol. The molecule has 1 saturated heterocycles. The minimum absolute atomic E-state index is 0.279. The molecule has 1 aliphatic heterocycles. The lowest BCUT2D eigenvalue weighted by atomic mass is 9.70. The SMILES string of the molecule is CCCCCCCCOC(=O)C1(NC(=O)/C=C/c2ccccc2)CC(C)(C)NC(C)(C)C1. The summed E-state index contributed by atoms with van der Waals surface area (Å²) in [5.41, 5.74) is -0.763. The van der Waals surface area contributed by atoms with Gasteiger partial charge in [0.15, 0.2) is 0 Å². The third-order valence-electron chi connectivity index (χ3n) is 5.88. The zero-order valence-corrected chi connectivity index (χ0v) is 20.6. The van der Waals surface area contributed by atoms with Crippen LogP contribution in [0.1, 0.15) is 91.5 Å². The van der Waals surface area contributed by atoms with Crippen LogP contribution in [0.5, 0.6) is 0 Å². The van der Waals surface area contributed by atoms with E-state index in [9.17, 15) is 9.59 Å². The third-order valence-corrected chi connectivity index (χ3v) is 5.88. The van der Waals surface area contributed by atoms with Crippen LogP contribution in [-0.2, 0) is 14.3 Å². The van der Waals surface area contributed by atoms with Crippen molar-refractivity contribution in [1.82, 2.24) is 10.6 Å². The minimum Gasteiger partial charge on any atom is -0.464 e. The van der Waals surface area contributed by atoms with Gasteiger partial charge in [-0.25, -0.2) is 4.79 Å². The highest BCUT2D eigenvalue weighted by atomic mass is 16.5. The molecule has 1 aromatic rings. The van der Waals surface area contributed by atoms with Crippen LogP contribution in [0.2, 0.25) is 0 Å². The molecule has 0 bridgehead atoms. The van der Waals surface area contributed by atoms with Gasteiger partial charge in [-0.2, -0.15) is 0 Å². The van der Waals surface area contributed by atoms with Gasteiger partial charge in [0.25, 0.3) is 0 Å². The van der Waals surface area contributed by atoms with E-state index in [0.29, 0.717) is 19.4 Å². The molecule has 0 unspecified atom stereocenters. The monoisotopic (exact) mass is 442 g/mol. The summed E-state index contributed by atoms with van der Waals surface area (Å²) in [4.78, 5) is 26.2. The Kier molecular flexibility index (Phi) is 9.50. The predicted octanol–water partition coefficient (Wildman–Crippen LogP) is 5.40. The lowest BCUT2D eigenvalue weighted by molar-refractivity contribution is -0.158. The number of rotatable bonds is 11. The van der Waals surface area contributed by atoms with Crippen molar-refractivity contribution in [2.75, 3.05) is 6.61 Å². The predicted molar refractivity (Wildman–Crippen MR) is 131 cm³/mol. The first kappa shape index (κ1) is 26.1. The van der Waals surface area contributed by atoms with Gasteiger partial charge in [0, 0.05) is 17.2 Å². The average Bonchev–Trinajstić information content (AvgIpc) is 2.70. The molecule has 0 radical (unpaired) electrons. The van der Waals surface area contributed by atoms with Gasteiger partial charge in [0.1, 0.15) is 5.54 Å². The Labute approximate surface area is 194 Å². The largest absolute Gasteiger partial charge is 0.464 e. The summed E-state index contributed by atoms with van der Waals surface area (Å²) in [5.74, 6) is -0.603. The Morgan fingerprint density at radius 3 is 2.19 bits per heavy atom. The number of amides is 1. The summed E-state index contributed by atoms with van der Waals surface area (Å²) in [5, 5.41) is 6.63. The second-order valence-electron chi connectivity index (χ2n) is 10.5. The first-order valence-corrected chi connectivity index (χ1v) is 12.1. The number of hydrogen-bond acceptors (Lipinski definition) is 4. The molecular formula is C27H42N2O3. The molecule has 5 heteroatoms. The Balaban J connectivity index is 2.08. The van der Waals surface area contributed by atoms with E-state index < -0.39 is 5.54 Å². The van der Waals surface area contributed by atoms with E-state index in [4.69, 9.17) is 4.74 Å². The molecule has 5 nitrogen and oxygen atoms in total.